The van der Waals surface area contributed by atoms with E-state index < -0.39 is 17.5 Å². The smallest absolute Gasteiger partial charge is 0.455 e. The Morgan fingerprint density at radius 3 is 2.61 bits per heavy atom. The van der Waals surface area contributed by atoms with Gasteiger partial charge < -0.3 is 4.74 Å². The first-order chi connectivity index (χ1) is 8.38. The van der Waals surface area contributed by atoms with Crippen molar-refractivity contribution in [2.45, 2.75) is 19.0 Å². The van der Waals surface area contributed by atoms with Gasteiger partial charge in [0, 0.05) is 5.02 Å². The molecule has 2 nitrogen and oxygen atoms in total. The maximum absolute atomic E-state index is 12.4. The molecular weight excluding hydrogens is 269 g/mol. The molecule has 0 unspecified atom stereocenters. The van der Waals surface area contributed by atoms with Gasteiger partial charge in [-0.1, -0.05) is 11.6 Å². The van der Waals surface area contributed by atoms with Crippen molar-refractivity contribution < 1.29 is 22.7 Å². The first-order valence-electron chi connectivity index (χ1n) is 5.42. The van der Waals surface area contributed by atoms with Crippen molar-refractivity contribution in [1.82, 2.24) is 0 Å². The topological polar surface area (TPSA) is 26.3 Å². The van der Waals surface area contributed by atoms with Crippen molar-refractivity contribution in [3.8, 4) is 5.75 Å². The molecule has 1 aromatic carbocycles. The molecule has 1 saturated carbocycles. The molecule has 1 aliphatic carbocycles. The molecule has 1 aliphatic rings. The monoisotopic (exact) mass is 278 g/mol. The maximum Gasteiger partial charge on any atom is 0.455 e. The van der Waals surface area contributed by atoms with E-state index in [0.29, 0.717) is 12.5 Å². The van der Waals surface area contributed by atoms with Crippen LogP contribution in [0.5, 0.6) is 5.75 Å². The minimum Gasteiger partial charge on any atom is -0.492 e. The van der Waals surface area contributed by atoms with Crippen molar-refractivity contribution in [3.63, 3.8) is 0 Å². The Labute approximate surface area is 107 Å². The van der Waals surface area contributed by atoms with Crippen molar-refractivity contribution in [1.29, 1.82) is 0 Å². The summed E-state index contributed by atoms with van der Waals surface area (Å²) in [7, 11) is 0. The van der Waals surface area contributed by atoms with Crippen molar-refractivity contribution >= 4 is 17.4 Å². The number of carbonyl (C=O) groups excluding carboxylic acids is 1. The summed E-state index contributed by atoms with van der Waals surface area (Å²) >= 11 is 5.69. The summed E-state index contributed by atoms with van der Waals surface area (Å²) in [5.74, 6) is -1.64. The van der Waals surface area contributed by atoms with E-state index in [1.807, 2.05) is 0 Å². The van der Waals surface area contributed by atoms with Crippen LogP contribution in [0.4, 0.5) is 13.2 Å². The molecule has 1 aromatic rings. The molecule has 0 N–H and O–H groups in total. The summed E-state index contributed by atoms with van der Waals surface area (Å²) in [4.78, 5) is 11.2. The van der Waals surface area contributed by atoms with Crippen LogP contribution in [-0.4, -0.2) is 18.6 Å². The summed E-state index contributed by atoms with van der Waals surface area (Å²) in [6, 6.07) is 3.52. The third kappa shape index (κ3) is 3.16. The lowest BCUT2D eigenvalue weighted by molar-refractivity contribution is -0.0886. The van der Waals surface area contributed by atoms with Gasteiger partial charge in [0.05, 0.1) is 12.2 Å². The van der Waals surface area contributed by atoms with Crippen LogP contribution in [0, 0.1) is 5.92 Å². The van der Waals surface area contributed by atoms with Crippen LogP contribution in [0.25, 0.3) is 0 Å². The molecule has 6 heteroatoms. The molecular formula is C12H10ClF3O2. The van der Waals surface area contributed by atoms with E-state index in [1.165, 1.54) is 12.1 Å². The highest BCUT2D eigenvalue weighted by Crippen LogP contribution is 2.33. The highest BCUT2D eigenvalue weighted by atomic mass is 35.5. The molecule has 0 bridgehead atoms. The summed E-state index contributed by atoms with van der Waals surface area (Å²) in [5.41, 5.74) is -0.493. The molecule has 0 aliphatic heterocycles. The van der Waals surface area contributed by atoms with Crippen molar-refractivity contribution in [2.75, 3.05) is 6.61 Å². The number of rotatable bonds is 4. The molecule has 0 saturated heterocycles. The fraction of sp³-hybridized carbons (Fsp3) is 0.417. The molecule has 18 heavy (non-hydrogen) atoms. The first kappa shape index (κ1) is 13.2. The Morgan fingerprint density at radius 2 is 2.06 bits per heavy atom. The summed E-state index contributed by atoms with van der Waals surface area (Å²) in [6.07, 6.45) is -2.91. The fourth-order valence-corrected chi connectivity index (χ4v) is 1.61. The van der Waals surface area contributed by atoms with Crippen LogP contribution in [0.1, 0.15) is 23.2 Å². The Morgan fingerprint density at radius 1 is 1.39 bits per heavy atom. The second kappa shape index (κ2) is 4.80. The van der Waals surface area contributed by atoms with Gasteiger partial charge in [0.25, 0.3) is 5.78 Å². The molecule has 0 amide bonds. The van der Waals surface area contributed by atoms with E-state index in [-0.39, 0.29) is 10.8 Å². The Balaban J connectivity index is 2.24. The normalized spacial score (nSPS) is 15.6. The molecule has 0 aromatic heterocycles. The molecule has 0 atom stereocenters. The SMILES string of the molecule is O=C(c1ccc(Cl)cc1OCC1CC1)C(F)(F)F. The number of benzene rings is 1. The zero-order valence-electron chi connectivity index (χ0n) is 9.26. The summed E-state index contributed by atoms with van der Waals surface area (Å²) < 4.78 is 42.4. The van der Waals surface area contributed by atoms with Gasteiger partial charge in [0.2, 0.25) is 0 Å². The van der Waals surface area contributed by atoms with E-state index in [0.717, 1.165) is 18.9 Å². The van der Waals surface area contributed by atoms with Crippen molar-refractivity contribution in [2.24, 2.45) is 5.92 Å². The van der Waals surface area contributed by atoms with Crippen LogP contribution in [-0.2, 0) is 0 Å². The summed E-state index contributed by atoms with van der Waals surface area (Å²) in [6.45, 7) is 0.318. The number of halogens is 4. The van der Waals surface area contributed by atoms with Gasteiger partial charge in [0.15, 0.2) is 0 Å². The molecule has 0 heterocycles. The van der Waals surface area contributed by atoms with E-state index in [4.69, 9.17) is 16.3 Å². The Kier molecular flexibility index (Phi) is 3.52. The quantitative estimate of drug-likeness (QED) is 0.782. The van der Waals surface area contributed by atoms with Crippen LogP contribution >= 0.6 is 11.6 Å². The van der Waals surface area contributed by atoms with Gasteiger partial charge in [-0.15, -0.1) is 0 Å². The van der Waals surface area contributed by atoms with Gasteiger partial charge in [-0.25, -0.2) is 0 Å². The number of Topliss-reactive ketones (excluding diaryl/α,β-unsaturated/α-hetero) is 1. The van der Waals surface area contributed by atoms with Crippen LogP contribution in [0.3, 0.4) is 0 Å². The van der Waals surface area contributed by atoms with Gasteiger partial charge >= 0.3 is 6.18 Å². The zero-order chi connectivity index (χ0) is 13.3. The standard InChI is InChI=1S/C12H10ClF3O2/c13-8-3-4-9(11(17)12(14,15)16)10(5-8)18-6-7-1-2-7/h3-5,7H,1-2,6H2. The predicted octanol–water partition coefficient (Wildman–Crippen LogP) is 3.87. The predicted molar refractivity (Wildman–Crippen MR) is 60.1 cm³/mol. The van der Waals surface area contributed by atoms with Gasteiger partial charge in [-0.3, -0.25) is 4.79 Å². The number of hydrogen-bond donors (Lipinski definition) is 0. The average Bonchev–Trinajstić information content (AvgIpc) is 3.08. The van der Waals surface area contributed by atoms with Gasteiger partial charge in [-0.05, 0) is 37.0 Å². The van der Waals surface area contributed by atoms with Crippen LogP contribution < -0.4 is 4.74 Å². The second-order valence-corrected chi connectivity index (χ2v) is 4.66. The second-order valence-electron chi connectivity index (χ2n) is 4.22. The van der Waals surface area contributed by atoms with Crippen LogP contribution in [0.15, 0.2) is 18.2 Å². The van der Waals surface area contributed by atoms with Crippen LogP contribution in [0.2, 0.25) is 5.02 Å². The molecule has 0 spiro atoms. The fourth-order valence-electron chi connectivity index (χ4n) is 1.45. The summed E-state index contributed by atoms with van der Waals surface area (Å²) in [5, 5.41) is 0.236. The Hall–Kier alpha value is -1.23. The number of alkyl halides is 3. The van der Waals surface area contributed by atoms with E-state index >= 15 is 0 Å². The number of hydrogen-bond acceptors (Lipinski definition) is 2. The minimum absolute atomic E-state index is 0.100. The maximum atomic E-state index is 12.4. The first-order valence-corrected chi connectivity index (χ1v) is 5.79. The minimum atomic E-state index is -4.91. The Bertz CT molecular complexity index is 467. The number of ketones is 1. The third-order valence-electron chi connectivity index (χ3n) is 2.62. The number of ether oxygens (including phenoxy) is 1. The highest BCUT2D eigenvalue weighted by Gasteiger charge is 2.41. The molecule has 2 rings (SSSR count). The lowest BCUT2D eigenvalue weighted by atomic mass is 10.1. The molecule has 0 radical (unpaired) electrons. The van der Waals surface area contributed by atoms with Gasteiger partial charge in [-0.2, -0.15) is 13.2 Å². The third-order valence-corrected chi connectivity index (χ3v) is 2.85. The zero-order valence-corrected chi connectivity index (χ0v) is 10.0. The number of carbonyl (C=O) groups is 1. The average molecular weight is 279 g/mol. The molecule has 1 fully saturated rings. The van der Waals surface area contributed by atoms with E-state index in [1.54, 1.807) is 0 Å². The van der Waals surface area contributed by atoms with E-state index in [2.05, 4.69) is 0 Å². The highest BCUT2D eigenvalue weighted by molar-refractivity contribution is 6.30. The van der Waals surface area contributed by atoms with E-state index in [9.17, 15) is 18.0 Å². The van der Waals surface area contributed by atoms with Gasteiger partial charge in [0.1, 0.15) is 5.75 Å². The largest absolute Gasteiger partial charge is 0.492 e. The lowest BCUT2D eigenvalue weighted by Crippen LogP contribution is -2.23. The van der Waals surface area contributed by atoms with Crippen molar-refractivity contribution in [3.05, 3.63) is 28.8 Å². The lowest BCUT2D eigenvalue weighted by Gasteiger charge is -2.12. The molecule has 98 valence electrons.